The lowest BCUT2D eigenvalue weighted by atomic mass is 10.1. The summed E-state index contributed by atoms with van der Waals surface area (Å²) in [4.78, 5) is 21.3. The van der Waals surface area contributed by atoms with Gasteiger partial charge in [-0.15, -0.1) is 0 Å². The lowest BCUT2D eigenvalue weighted by Gasteiger charge is -2.07. The Balaban J connectivity index is 1.62. The van der Waals surface area contributed by atoms with Gasteiger partial charge in [-0.1, -0.05) is 35.9 Å². The molecule has 134 valence electrons. The molecule has 5 nitrogen and oxygen atoms in total. The molecule has 1 amide bonds. The maximum atomic E-state index is 12.6. The van der Waals surface area contributed by atoms with Crippen LogP contribution in [0.3, 0.4) is 0 Å². The third-order valence-corrected chi connectivity index (χ3v) is 4.54. The number of carbonyl (C=O) groups excluding carboxylic acids is 1. The van der Waals surface area contributed by atoms with Crippen LogP contribution in [0.15, 0.2) is 73.2 Å². The van der Waals surface area contributed by atoms with Gasteiger partial charge in [-0.05, 0) is 35.9 Å². The molecule has 4 rings (SSSR count). The zero-order valence-corrected chi connectivity index (χ0v) is 15.2. The Kier molecular flexibility index (Phi) is 4.85. The number of pyridine rings is 2. The smallest absolute Gasteiger partial charge is 0.226 e. The minimum Gasteiger partial charge on any atom is -0.352 e. The summed E-state index contributed by atoms with van der Waals surface area (Å²) >= 11 is 6.01. The number of rotatable bonds is 5. The number of aromatic nitrogens is 3. The van der Waals surface area contributed by atoms with Crippen molar-refractivity contribution in [2.75, 3.05) is 0 Å². The van der Waals surface area contributed by atoms with Crippen molar-refractivity contribution in [2.24, 2.45) is 0 Å². The molecule has 0 radical (unpaired) electrons. The molecule has 0 fully saturated rings. The number of imidazole rings is 1. The van der Waals surface area contributed by atoms with Crippen molar-refractivity contribution in [3.8, 4) is 11.3 Å². The van der Waals surface area contributed by atoms with Crippen LogP contribution in [0, 0.1) is 0 Å². The van der Waals surface area contributed by atoms with Crippen molar-refractivity contribution in [3.63, 3.8) is 0 Å². The van der Waals surface area contributed by atoms with Gasteiger partial charge < -0.3 is 9.72 Å². The number of halogens is 1. The number of fused-ring (bicyclic) bond motifs is 1. The molecular weight excluding hydrogens is 360 g/mol. The van der Waals surface area contributed by atoms with Crippen LogP contribution in [0.25, 0.3) is 16.9 Å². The summed E-state index contributed by atoms with van der Waals surface area (Å²) in [6.45, 7) is 0.444. The molecule has 0 saturated heterocycles. The predicted octanol–water partition coefficient (Wildman–Crippen LogP) is 3.91. The first kappa shape index (κ1) is 17.2. The van der Waals surface area contributed by atoms with E-state index in [1.54, 1.807) is 12.4 Å². The zero-order valence-electron chi connectivity index (χ0n) is 14.5. The molecule has 1 N–H and O–H groups in total. The molecular formula is C21H17ClN4O. The Morgan fingerprint density at radius 3 is 2.70 bits per heavy atom. The highest BCUT2D eigenvalue weighted by Crippen LogP contribution is 2.26. The Hall–Kier alpha value is -3.18. The van der Waals surface area contributed by atoms with Crippen LogP contribution >= 0.6 is 11.6 Å². The average Bonchev–Trinajstić information content (AvgIpc) is 3.06. The number of nitrogens with zero attached hydrogens (tertiary/aromatic N) is 3. The Labute approximate surface area is 161 Å². The van der Waals surface area contributed by atoms with Crippen LogP contribution in [-0.4, -0.2) is 20.3 Å². The summed E-state index contributed by atoms with van der Waals surface area (Å²) in [5.74, 6) is -0.0697. The first-order chi connectivity index (χ1) is 13.2. The van der Waals surface area contributed by atoms with Crippen molar-refractivity contribution < 1.29 is 4.79 Å². The van der Waals surface area contributed by atoms with Gasteiger partial charge >= 0.3 is 0 Å². The monoisotopic (exact) mass is 376 g/mol. The molecule has 0 atom stereocenters. The van der Waals surface area contributed by atoms with Gasteiger partial charge in [-0.2, -0.15) is 0 Å². The number of nitrogens with one attached hydrogen (secondary N) is 1. The summed E-state index contributed by atoms with van der Waals surface area (Å²) < 4.78 is 1.95. The fourth-order valence-corrected chi connectivity index (χ4v) is 3.10. The van der Waals surface area contributed by atoms with Gasteiger partial charge in [0.1, 0.15) is 5.65 Å². The molecule has 0 bridgehead atoms. The van der Waals surface area contributed by atoms with Gasteiger partial charge in [-0.3, -0.25) is 9.78 Å². The van der Waals surface area contributed by atoms with Crippen LogP contribution in [0.2, 0.25) is 5.02 Å². The summed E-state index contributed by atoms with van der Waals surface area (Å²) in [6, 6.07) is 17.1. The Morgan fingerprint density at radius 1 is 1.07 bits per heavy atom. The van der Waals surface area contributed by atoms with Gasteiger partial charge in [-0.25, -0.2) is 4.98 Å². The highest BCUT2D eigenvalue weighted by atomic mass is 35.5. The first-order valence-electron chi connectivity index (χ1n) is 8.58. The molecule has 0 unspecified atom stereocenters. The second kappa shape index (κ2) is 7.60. The Bertz CT molecular complexity index is 1070. The van der Waals surface area contributed by atoms with Gasteiger partial charge in [0.25, 0.3) is 0 Å². The second-order valence-corrected chi connectivity index (χ2v) is 6.59. The van der Waals surface area contributed by atoms with Gasteiger partial charge in [0.15, 0.2) is 0 Å². The summed E-state index contributed by atoms with van der Waals surface area (Å²) in [5.41, 5.74) is 4.32. The highest BCUT2D eigenvalue weighted by molar-refractivity contribution is 6.30. The van der Waals surface area contributed by atoms with E-state index in [1.165, 1.54) is 0 Å². The van der Waals surface area contributed by atoms with E-state index < -0.39 is 0 Å². The van der Waals surface area contributed by atoms with Crippen molar-refractivity contribution in [1.29, 1.82) is 0 Å². The summed E-state index contributed by atoms with van der Waals surface area (Å²) in [5, 5.41) is 3.61. The minimum absolute atomic E-state index is 0.0697. The van der Waals surface area contributed by atoms with E-state index in [2.05, 4.69) is 10.3 Å². The maximum Gasteiger partial charge on any atom is 0.226 e. The van der Waals surface area contributed by atoms with Gasteiger partial charge in [0.2, 0.25) is 5.91 Å². The lowest BCUT2D eigenvalue weighted by molar-refractivity contribution is -0.120. The summed E-state index contributed by atoms with van der Waals surface area (Å²) in [6.07, 6.45) is 5.60. The highest BCUT2D eigenvalue weighted by Gasteiger charge is 2.16. The van der Waals surface area contributed by atoms with Crippen LogP contribution in [0.4, 0.5) is 0 Å². The molecule has 1 aromatic carbocycles. The van der Waals surface area contributed by atoms with Crippen LogP contribution in [-0.2, 0) is 17.8 Å². The van der Waals surface area contributed by atoms with Crippen molar-refractivity contribution >= 4 is 23.2 Å². The molecule has 0 aliphatic carbocycles. The first-order valence-corrected chi connectivity index (χ1v) is 8.96. The van der Waals surface area contributed by atoms with Gasteiger partial charge in [0.05, 0.1) is 17.8 Å². The molecule has 0 aliphatic rings. The molecule has 6 heteroatoms. The third-order valence-electron chi connectivity index (χ3n) is 4.29. The topological polar surface area (TPSA) is 59.3 Å². The zero-order chi connectivity index (χ0) is 18.6. The van der Waals surface area contributed by atoms with E-state index in [1.807, 2.05) is 65.2 Å². The number of amides is 1. The maximum absolute atomic E-state index is 12.6. The second-order valence-electron chi connectivity index (χ2n) is 6.16. The molecule has 0 saturated carbocycles. The minimum atomic E-state index is -0.0697. The Morgan fingerprint density at radius 2 is 1.93 bits per heavy atom. The molecule has 0 spiro atoms. The third kappa shape index (κ3) is 3.83. The number of hydrogen-bond acceptors (Lipinski definition) is 3. The quantitative estimate of drug-likeness (QED) is 0.574. The SMILES string of the molecule is O=C(Cc1c(-c2ccc(Cl)cc2)nc2ccccn12)NCc1cccnc1. The number of hydrogen-bond donors (Lipinski definition) is 1. The van der Waals surface area contributed by atoms with Crippen LogP contribution < -0.4 is 5.32 Å². The normalized spacial score (nSPS) is 10.9. The van der Waals surface area contributed by atoms with E-state index in [0.29, 0.717) is 11.6 Å². The van der Waals surface area contributed by atoms with E-state index in [-0.39, 0.29) is 12.3 Å². The fourth-order valence-electron chi connectivity index (χ4n) is 2.97. The largest absolute Gasteiger partial charge is 0.352 e. The van der Waals surface area contributed by atoms with E-state index in [4.69, 9.17) is 16.6 Å². The molecule has 27 heavy (non-hydrogen) atoms. The van der Waals surface area contributed by atoms with Crippen LogP contribution in [0.5, 0.6) is 0 Å². The van der Waals surface area contributed by atoms with Crippen LogP contribution in [0.1, 0.15) is 11.3 Å². The molecule has 0 aliphatic heterocycles. The molecule has 4 aromatic rings. The predicted molar refractivity (Wildman–Crippen MR) is 105 cm³/mol. The lowest BCUT2D eigenvalue weighted by Crippen LogP contribution is -2.25. The summed E-state index contributed by atoms with van der Waals surface area (Å²) in [7, 11) is 0. The number of carbonyl (C=O) groups is 1. The molecule has 3 aromatic heterocycles. The number of benzene rings is 1. The van der Waals surface area contributed by atoms with E-state index in [9.17, 15) is 4.79 Å². The average molecular weight is 377 g/mol. The standard InChI is InChI=1S/C21H17ClN4O/c22-17-8-6-16(7-9-17)21-18(26-11-2-1-5-19(26)25-21)12-20(27)24-14-15-4-3-10-23-13-15/h1-11,13H,12,14H2,(H,24,27). The van der Waals surface area contributed by atoms with Crippen molar-refractivity contribution in [3.05, 3.63) is 89.5 Å². The van der Waals surface area contributed by atoms with E-state index >= 15 is 0 Å². The van der Waals surface area contributed by atoms with Crippen molar-refractivity contribution in [2.45, 2.75) is 13.0 Å². The fraction of sp³-hybridized carbons (Fsp3) is 0.0952. The molecule has 3 heterocycles. The van der Waals surface area contributed by atoms with E-state index in [0.717, 1.165) is 28.2 Å². The van der Waals surface area contributed by atoms with Crippen molar-refractivity contribution in [1.82, 2.24) is 19.7 Å². The van der Waals surface area contributed by atoms with Gasteiger partial charge in [0, 0.05) is 35.7 Å².